The first-order valence-electron chi connectivity index (χ1n) is 4.77. The van der Waals surface area contributed by atoms with Crippen LogP contribution in [-0.4, -0.2) is 15.2 Å². The van der Waals surface area contributed by atoms with Crippen molar-refractivity contribution >= 4 is 0 Å². The third-order valence-corrected chi connectivity index (χ3v) is 2.15. The summed E-state index contributed by atoms with van der Waals surface area (Å²) in [5.74, 6) is 0.759. The normalized spacial score (nSPS) is 10.1. The lowest BCUT2D eigenvalue weighted by molar-refractivity contribution is 0.401. The van der Waals surface area contributed by atoms with Gasteiger partial charge < -0.3 is 14.9 Å². The molecule has 0 radical (unpaired) electrons. The molecule has 82 valence electrons. The minimum Gasteiger partial charge on any atom is -0.508 e. The zero-order valence-corrected chi connectivity index (χ0v) is 8.71. The molecular formula is C12H11NO3. The van der Waals surface area contributed by atoms with Crippen LogP contribution < -0.4 is 4.74 Å². The Balaban J connectivity index is 2.34. The van der Waals surface area contributed by atoms with Gasteiger partial charge >= 0.3 is 0 Å². The van der Waals surface area contributed by atoms with Gasteiger partial charge in [0, 0.05) is 12.3 Å². The van der Waals surface area contributed by atoms with E-state index in [4.69, 9.17) is 4.74 Å². The van der Waals surface area contributed by atoms with Gasteiger partial charge in [-0.1, -0.05) is 0 Å². The van der Waals surface area contributed by atoms with Gasteiger partial charge in [-0.05, 0) is 30.7 Å². The number of pyridine rings is 1. The molecule has 0 spiro atoms. The first-order valence-corrected chi connectivity index (χ1v) is 4.77. The lowest BCUT2D eigenvalue weighted by atomic mass is 10.2. The minimum atomic E-state index is -0.0268. The van der Waals surface area contributed by atoms with E-state index in [1.54, 1.807) is 18.5 Å². The molecule has 0 fully saturated rings. The first kappa shape index (κ1) is 10.3. The Morgan fingerprint density at radius 1 is 1.12 bits per heavy atom. The maximum absolute atomic E-state index is 9.53. The van der Waals surface area contributed by atoms with E-state index in [-0.39, 0.29) is 17.2 Å². The summed E-state index contributed by atoms with van der Waals surface area (Å²) in [4.78, 5) is 3.92. The molecule has 4 heteroatoms. The average Bonchev–Trinajstić information content (AvgIpc) is 2.27. The van der Waals surface area contributed by atoms with Gasteiger partial charge in [-0.2, -0.15) is 0 Å². The van der Waals surface area contributed by atoms with Crippen LogP contribution in [0, 0.1) is 6.92 Å². The van der Waals surface area contributed by atoms with Gasteiger partial charge in [-0.15, -0.1) is 0 Å². The molecule has 0 bridgehead atoms. The third kappa shape index (κ3) is 2.06. The van der Waals surface area contributed by atoms with Gasteiger partial charge in [0.25, 0.3) is 0 Å². The molecule has 1 aromatic carbocycles. The topological polar surface area (TPSA) is 62.6 Å². The van der Waals surface area contributed by atoms with Gasteiger partial charge in [0.1, 0.15) is 11.5 Å². The zero-order chi connectivity index (χ0) is 11.5. The van der Waals surface area contributed by atoms with Crippen LogP contribution in [0.5, 0.6) is 23.0 Å². The molecule has 0 aliphatic carbocycles. The molecule has 0 saturated carbocycles. The molecule has 4 nitrogen and oxygen atoms in total. The smallest absolute Gasteiger partial charge is 0.172 e. The van der Waals surface area contributed by atoms with E-state index >= 15 is 0 Å². The van der Waals surface area contributed by atoms with Crippen LogP contribution in [0.4, 0.5) is 0 Å². The summed E-state index contributed by atoms with van der Waals surface area (Å²) in [5, 5.41) is 18.8. The Morgan fingerprint density at radius 3 is 2.69 bits per heavy atom. The number of phenols is 2. The quantitative estimate of drug-likeness (QED) is 0.759. The lowest BCUT2D eigenvalue weighted by Crippen LogP contribution is -1.88. The van der Waals surface area contributed by atoms with E-state index in [0.29, 0.717) is 5.75 Å². The lowest BCUT2D eigenvalue weighted by Gasteiger charge is -2.09. The minimum absolute atomic E-state index is 0.0268. The number of aryl methyl sites for hydroxylation is 1. The van der Waals surface area contributed by atoms with Crippen LogP contribution in [0.1, 0.15) is 5.56 Å². The Bertz CT molecular complexity index is 511. The van der Waals surface area contributed by atoms with E-state index in [0.717, 1.165) is 5.56 Å². The first-order chi connectivity index (χ1) is 7.66. The van der Waals surface area contributed by atoms with Gasteiger partial charge in [0.2, 0.25) is 0 Å². The van der Waals surface area contributed by atoms with Crippen molar-refractivity contribution in [2.24, 2.45) is 0 Å². The predicted molar refractivity (Wildman–Crippen MR) is 58.8 cm³/mol. The van der Waals surface area contributed by atoms with Crippen LogP contribution in [0.2, 0.25) is 0 Å². The largest absolute Gasteiger partial charge is 0.508 e. The van der Waals surface area contributed by atoms with Gasteiger partial charge in [-0.25, -0.2) is 0 Å². The summed E-state index contributed by atoms with van der Waals surface area (Å²) in [5.41, 5.74) is 0.901. The fourth-order valence-corrected chi connectivity index (χ4v) is 1.26. The highest BCUT2D eigenvalue weighted by atomic mass is 16.5. The second-order valence-corrected chi connectivity index (χ2v) is 3.40. The molecule has 0 amide bonds. The highest BCUT2D eigenvalue weighted by molar-refractivity contribution is 5.46. The molecule has 0 atom stereocenters. The Kier molecular flexibility index (Phi) is 2.64. The second-order valence-electron chi connectivity index (χ2n) is 3.40. The van der Waals surface area contributed by atoms with Crippen LogP contribution in [0.15, 0.2) is 36.7 Å². The summed E-state index contributed by atoms with van der Waals surface area (Å²) >= 11 is 0. The van der Waals surface area contributed by atoms with Crippen molar-refractivity contribution in [2.45, 2.75) is 6.92 Å². The molecule has 2 aromatic rings. The standard InChI is InChI=1S/C12H11NO3/c1-8-4-5-13-7-12(8)16-11-6-9(14)2-3-10(11)15/h2-7,14-15H,1H3. The highest BCUT2D eigenvalue weighted by Gasteiger charge is 2.06. The van der Waals surface area contributed by atoms with Crippen molar-refractivity contribution in [3.63, 3.8) is 0 Å². The summed E-state index contributed by atoms with van der Waals surface area (Å²) in [6.45, 7) is 1.87. The van der Waals surface area contributed by atoms with E-state index in [1.807, 2.05) is 6.92 Å². The number of hydrogen-bond donors (Lipinski definition) is 2. The van der Waals surface area contributed by atoms with E-state index < -0.39 is 0 Å². The molecule has 1 aromatic heterocycles. The van der Waals surface area contributed by atoms with Crippen molar-refractivity contribution in [2.75, 3.05) is 0 Å². The fraction of sp³-hybridized carbons (Fsp3) is 0.0833. The Labute approximate surface area is 92.8 Å². The maximum atomic E-state index is 9.53. The van der Waals surface area contributed by atoms with E-state index in [1.165, 1.54) is 18.2 Å². The maximum Gasteiger partial charge on any atom is 0.172 e. The van der Waals surface area contributed by atoms with Crippen molar-refractivity contribution in [3.8, 4) is 23.0 Å². The van der Waals surface area contributed by atoms with Crippen molar-refractivity contribution in [3.05, 3.63) is 42.2 Å². The SMILES string of the molecule is Cc1ccncc1Oc1cc(O)ccc1O. The molecule has 2 N–H and O–H groups in total. The molecule has 0 aliphatic heterocycles. The molecule has 0 saturated heterocycles. The molecule has 2 rings (SSSR count). The fourth-order valence-electron chi connectivity index (χ4n) is 1.26. The number of nitrogens with zero attached hydrogens (tertiary/aromatic N) is 1. The van der Waals surface area contributed by atoms with Gasteiger partial charge in [0.05, 0.1) is 6.20 Å². The molecule has 0 aliphatic rings. The summed E-state index contributed by atoms with van der Waals surface area (Å²) in [6.07, 6.45) is 3.21. The number of hydrogen-bond acceptors (Lipinski definition) is 4. The third-order valence-electron chi connectivity index (χ3n) is 2.15. The molecule has 0 unspecified atom stereocenters. The van der Waals surface area contributed by atoms with E-state index in [2.05, 4.69) is 4.98 Å². The monoisotopic (exact) mass is 217 g/mol. The number of aromatic nitrogens is 1. The van der Waals surface area contributed by atoms with Crippen molar-refractivity contribution < 1.29 is 14.9 Å². The van der Waals surface area contributed by atoms with Crippen LogP contribution in [-0.2, 0) is 0 Å². The predicted octanol–water partition coefficient (Wildman–Crippen LogP) is 2.59. The number of benzene rings is 1. The summed E-state index contributed by atoms with van der Waals surface area (Å²) < 4.78 is 5.45. The average molecular weight is 217 g/mol. The van der Waals surface area contributed by atoms with Crippen LogP contribution in [0.25, 0.3) is 0 Å². The van der Waals surface area contributed by atoms with Crippen molar-refractivity contribution in [1.29, 1.82) is 0 Å². The van der Waals surface area contributed by atoms with Crippen molar-refractivity contribution in [1.82, 2.24) is 4.98 Å². The number of ether oxygens (including phenoxy) is 1. The number of rotatable bonds is 2. The molecular weight excluding hydrogens is 206 g/mol. The van der Waals surface area contributed by atoms with Crippen LogP contribution in [0.3, 0.4) is 0 Å². The highest BCUT2D eigenvalue weighted by Crippen LogP contribution is 2.34. The Morgan fingerprint density at radius 2 is 1.94 bits per heavy atom. The van der Waals surface area contributed by atoms with Crippen LogP contribution >= 0.6 is 0 Å². The zero-order valence-electron chi connectivity index (χ0n) is 8.71. The van der Waals surface area contributed by atoms with E-state index in [9.17, 15) is 10.2 Å². The molecule has 1 heterocycles. The molecule has 16 heavy (non-hydrogen) atoms. The summed E-state index contributed by atoms with van der Waals surface area (Å²) in [6, 6.07) is 5.91. The number of phenolic OH excluding ortho intramolecular Hbond substituents is 2. The van der Waals surface area contributed by atoms with Gasteiger partial charge in [-0.3, -0.25) is 4.98 Å². The Hall–Kier alpha value is -2.23. The number of aromatic hydroxyl groups is 2. The summed E-state index contributed by atoms with van der Waals surface area (Å²) in [7, 11) is 0. The second kappa shape index (κ2) is 4.10. The van der Waals surface area contributed by atoms with Gasteiger partial charge in [0.15, 0.2) is 11.5 Å².